The number of nitro groups is 2. The molecule has 0 aliphatic carbocycles. The van der Waals surface area contributed by atoms with E-state index in [-0.39, 0.29) is 47.1 Å². The molecule has 34 heavy (non-hydrogen) atoms. The molecule has 0 saturated heterocycles. The standard InChI is InChI=1S/C22H14FN3O8/c23-14-3-1-2-12(6-14)21(27)17-10-19-20(34-5-4-33-19)11-18(17)24-22(28)13-7-15(25(29)30)9-16(8-13)26(31)32/h1-3,6-11H,4-5H2,(H,24,28). The summed E-state index contributed by atoms with van der Waals surface area (Å²) in [6.45, 7) is 0.443. The van der Waals surface area contributed by atoms with Crippen LogP contribution in [0.15, 0.2) is 54.6 Å². The number of hydrogen-bond donors (Lipinski definition) is 1. The van der Waals surface area contributed by atoms with E-state index in [1.165, 1.54) is 30.3 Å². The number of fused-ring (bicyclic) bond motifs is 1. The SMILES string of the molecule is O=C(Nc1cc2c(cc1C(=O)c1cccc(F)c1)OCCO2)c1cc([N+](=O)[O-])cc([N+](=O)[O-])c1. The van der Waals surface area contributed by atoms with Crippen molar-refractivity contribution in [3.8, 4) is 11.5 Å². The minimum atomic E-state index is -0.947. The Morgan fingerprint density at radius 3 is 2.06 bits per heavy atom. The predicted octanol–water partition coefficient (Wildman–Crippen LogP) is 3.90. The Morgan fingerprint density at radius 2 is 1.47 bits per heavy atom. The Kier molecular flexibility index (Phi) is 5.87. The number of anilines is 1. The highest BCUT2D eigenvalue weighted by Gasteiger charge is 2.24. The molecule has 3 aromatic rings. The van der Waals surface area contributed by atoms with Crippen LogP contribution in [-0.4, -0.2) is 34.8 Å². The van der Waals surface area contributed by atoms with E-state index < -0.39 is 38.7 Å². The molecule has 0 radical (unpaired) electrons. The van der Waals surface area contributed by atoms with Crippen molar-refractivity contribution in [2.75, 3.05) is 18.5 Å². The lowest BCUT2D eigenvalue weighted by Gasteiger charge is -2.21. The van der Waals surface area contributed by atoms with Crippen molar-refractivity contribution in [2.45, 2.75) is 0 Å². The number of carbonyl (C=O) groups is 2. The fraction of sp³-hybridized carbons (Fsp3) is 0.0909. The maximum atomic E-state index is 13.7. The summed E-state index contributed by atoms with van der Waals surface area (Å²) in [5, 5.41) is 24.7. The van der Waals surface area contributed by atoms with Crippen LogP contribution in [0, 0.1) is 26.0 Å². The smallest absolute Gasteiger partial charge is 0.277 e. The number of nitro benzene ring substituents is 2. The third kappa shape index (κ3) is 4.50. The predicted molar refractivity (Wildman–Crippen MR) is 115 cm³/mol. The van der Waals surface area contributed by atoms with Crippen LogP contribution in [0.2, 0.25) is 0 Å². The van der Waals surface area contributed by atoms with Gasteiger partial charge in [-0.25, -0.2) is 4.39 Å². The number of hydrogen-bond acceptors (Lipinski definition) is 8. The number of ether oxygens (including phenoxy) is 2. The van der Waals surface area contributed by atoms with E-state index in [0.717, 1.165) is 24.3 Å². The quantitative estimate of drug-likeness (QED) is 0.326. The fourth-order valence-corrected chi connectivity index (χ4v) is 3.30. The number of benzene rings is 3. The highest BCUT2D eigenvalue weighted by Crippen LogP contribution is 2.37. The van der Waals surface area contributed by atoms with E-state index in [2.05, 4.69) is 5.32 Å². The summed E-state index contributed by atoms with van der Waals surface area (Å²) in [4.78, 5) is 46.6. The van der Waals surface area contributed by atoms with Crippen molar-refractivity contribution in [1.29, 1.82) is 0 Å². The summed E-state index contributed by atoms with van der Waals surface area (Å²) in [7, 11) is 0. The van der Waals surface area contributed by atoms with E-state index in [1.807, 2.05) is 0 Å². The maximum absolute atomic E-state index is 13.7. The molecule has 0 spiro atoms. The Labute approximate surface area is 190 Å². The second kappa shape index (κ2) is 8.94. The first kappa shape index (κ1) is 22.3. The molecule has 1 amide bonds. The summed E-state index contributed by atoms with van der Waals surface area (Å²) >= 11 is 0. The van der Waals surface area contributed by atoms with Gasteiger partial charge in [-0.15, -0.1) is 0 Å². The molecule has 11 nitrogen and oxygen atoms in total. The van der Waals surface area contributed by atoms with Gasteiger partial charge in [0.25, 0.3) is 17.3 Å². The lowest BCUT2D eigenvalue weighted by molar-refractivity contribution is -0.394. The van der Waals surface area contributed by atoms with E-state index >= 15 is 0 Å². The number of halogens is 1. The molecule has 1 N–H and O–H groups in total. The Hall–Kier alpha value is -4.87. The minimum absolute atomic E-state index is 0.00170. The first-order valence-electron chi connectivity index (χ1n) is 9.72. The number of non-ortho nitro benzene ring substituents is 2. The van der Waals surface area contributed by atoms with E-state index in [1.54, 1.807) is 0 Å². The molecule has 1 aliphatic heterocycles. The zero-order valence-corrected chi connectivity index (χ0v) is 17.1. The summed E-state index contributed by atoms with van der Waals surface area (Å²) in [5.74, 6) is -1.77. The largest absolute Gasteiger partial charge is 0.486 e. The van der Waals surface area contributed by atoms with Gasteiger partial charge in [-0.3, -0.25) is 29.8 Å². The van der Waals surface area contributed by atoms with Gasteiger partial charge in [0.15, 0.2) is 17.3 Å². The number of amides is 1. The monoisotopic (exact) mass is 467 g/mol. The van der Waals surface area contributed by atoms with Crippen molar-refractivity contribution in [3.63, 3.8) is 0 Å². The molecule has 0 fully saturated rings. The molecule has 0 bridgehead atoms. The fourth-order valence-electron chi connectivity index (χ4n) is 3.30. The van der Waals surface area contributed by atoms with Gasteiger partial charge in [-0.05, 0) is 18.2 Å². The molecular formula is C22H14FN3O8. The molecule has 172 valence electrons. The van der Waals surface area contributed by atoms with Gasteiger partial charge in [0, 0.05) is 23.8 Å². The number of rotatable bonds is 6. The van der Waals surface area contributed by atoms with Crippen molar-refractivity contribution in [3.05, 3.63) is 97.3 Å². The molecular weight excluding hydrogens is 453 g/mol. The zero-order valence-electron chi connectivity index (χ0n) is 17.1. The van der Waals surface area contributed by atoms with Crippen LogP contribution in [0.3, 0.4) is 0 Å². The van der Waals surface area contributed by atoms with Crippen LogP contribution in [0.5, 0.6) is 11.5 Å². The van der Waals surface area contributed by atoms with Gasteiger partial charge in [-0.2, -0.15) is 0 Å². The average Bonchev–Trinajstić information content (AvgIpc) is 2.82. The van der Waals surface area contributed by atoms with Crippen LogP contribution >= 0.6 is 0 Å². The lowest BCUT2D eigenvalue weighted by Crippen LogP contribution is -2.19. The van der Waals surface area contributed by atoms with Gasteiger partial charge < -0.3 is 14.8 Å². The van der Waals surface area contributed by atoms with Crippen LogP contribution in [0.1, 0.15) is 26.3 Å². The highest BCUT2D eigenvalue weighted by atomic mass is 19.1. The third-order valence-electron chi connectivity index (χ3n) is 4.85. The summed E-state index contributed by atoms with van der Waals surface area (Å²) < 4.78 is 24.7. The molecule has 1 heterocycles. The number of ketones is 1. The number of nitrogens with zero attached hydrogens (tertiary/aromatic N) is 2. The minimum Gasteiger partial charge on any atom is -0.486 e. The van der Waals surface area contributed by atoms with Crippen molar-refractivity contribution in [2.24, 2.45) is 0 Å². The van der Waals surface area contributed by atoms with Gasteiger partial charge in [-0.1, -0.05) is 12.1 Å². The average molecular weight is 467 g/mol. The number of nitrogens with one attached hydrogen (secondary N) is 1. The zero-order chi connectivity index (χ0) is 24.4. The van der Waals surface area contributed by atoms with E-state index in [4.69, 9.17) is 9.47 Å². The molecule has 4 rings (SSSR count). The Bertz CT molecular complexity index is 1330. The van der Waals surface area contributed by atoms with Crippen LogP contribution in [0.25, 0.3) is 0 Å². The van der Waals surface area contributed by atoms with Gasteiger partial charge in [0.1, 0.15) is 19.0 Å². The molecule has 0 aromatic heterocycles. The van der Waals surface area contributed by atoms with Crippen molar-refractivity contribution < 1.29 is 33.3 Å². The van der Waals surface area contributed by atoms with Crippen LogP contribution in [0.4, 0.5) is 21.5 Å². The lowest BCUT2D eigenvalue weighted by atomic mass is 10.00. The van der Waals surface area contributed by atoms with Crippen molar-refractivity contribution >= 4 is 28.8 Å². The Balaban J connectivity index is 1.77. The van der Waals surface area contributed by atoms with E-state index in [0.29, 0.717) is 0 Å². The molecule has 3 aromatic carbocycles. The van der Waals surface area contributed by atoms with Crippen LogP contribution in [-0.2, 0) is 0 Å². The topological polar surface area (TPSA) is 151 Å². The first-order valence-corrected chi connectivity index (χ1v) is 9.72. The van der Waals surface area contributed by atoms with E-state index in [9.17, 15) is 34.2 Å². The van der Waals surface area contributed by atoms with Crippen molar-refractivity contribution in [1.82, 2.24) is 0 Å². The van der Waals surface area contributed by atoms with Gasteiger partial charge in [0.05, 0.1) is 32.7 Å². The van der Waals surface area contributed by atoms with Crippen LogP contribution < -0.4 is 14.8 Å². The normalized spacial score (nSPS) is 12.0. The maximum Gasteiger partial charge on any atom is 0.277 e. The first-order chi connectivity index (χ1) is 16.2. The molecule has 1 aliphatic rings. The second-order valence-electron chi connectivity index (χ2n) is 7.09. The molecule has 0 atom stereocenters. The summed E-state index contributed by atoms with van der Waals surface area (Å²) in [6.07, 6.45) is 0. The molecule has 0 saturated carbocycles. The Morgan fingerprint density at radius 1 is 0.853 bits per heavy atom. The molecule has 0 unspecified atom stereocenters. The summed E-state index contributed by atoms with van der Waals surface area (Å²) in [6, 6.07) is 10.0. The van der Waals surface area contributed by atoms with Gasteiger partial charge >= 0.3 is 0 Å². The second-order valence-corrected chi connectivity index (χ2v) is 7.09. The summed E-state index contributed by atoms with van der Waals surface area (Å²) in [5.41, 5.74) is -1.81. The number of carbonyl (C=O) groups excluding carboxylic acids is 2. The highest BCUT2D eigenvalue weighted by molar-refractivity contribution is 6.16. The third-order valence-corrected chi connectivity index (χ3v) is 4.85. The molecule has 12 heteroatoms. The van der Waals surface area contributed by atoms with Gasteiger partial charge in [0.2, 0.25) is 0 Å².